The van der Waals surface area contributed by atoms with Crippen LogP contribution in [0.25, 0.3) is 17.1 Å². The van der Waals surface area contributed by atoms with Gasteiger partial charge in [0, 0.05) is 23.3 Å². The first kappa shape index (κ1) is 8.97. The third-order valence-electron chi connectivity index (χ3n) is 2.04. The van der Waals surface area contributed by atoms with E-state index in [1.165, 1.54) is 0 Å². The van der Waals surface area contributed by atoms with Gasteiger partial charge < -0.3 is 10.1 Å². The van der Waals surface area contributed by atoms with Gasteiger partial charge in [-0.1, -0.05) is 12.2 Å². The van der Waals surface area contributed by atoms with E-state index in [0.29, 0.717) is 0 Å². The summed E-state index contributed by atoms with van der Waals surface area (Å²) in [6.45, 7) is 1.73. The number of nitrogens with zero attached hydrogens (tertiary/aromatic N) is 1. The number of rotatable bonds is 2. The molecule has 2 aromatic rings. The summed E-state index contributed by atoms with van der Waals surface area (Å²) < 4.78 is 0. The van der Waals surface area contributed by atoms with E-state index in [1.54, 1.807) is 19.2 Å². The summed E-state index contributed by atoms with van der Waals surface area (Å²) in [7, 11) is 0. The first-order valence-electron chi connectivity index (χ1n) is 4.56. The second kappa shape index (κ2) is 3.64. The predicted molar refractivity (Wildman–Crippen MR) is 56.8 cm³/mol. The molecular weight excluding hydrogens is 176 g/mol. The van der Waals surface area contributed by atoms with Crippen LogP contribution in [0.15, 0.2) is 30.6 Å². The molecule has 0 amide bonds. The molecule has 2 N–H and O–H groups in total. The minimum absolute atomic E-state index is 0.420. The number of aromatic amines is 1. The van der Waals surface area contributed by atoms with Crippen LogP contribution in [-0.2, 0) is 0 Å². The van der Waals surface area contributed by atoms with E-state index in [1.807, 2.05) is 24.4 Å². The van der Waals surface area contributed by atoms with Crippen molar-refractivity contribution in [2.75, 3.05) is 0 Å². The van der Waals surface area contributed by atoms with Crippen LogP contribution < -0.4 is 0 Å². The second-order valence-corrected chi connectivity index (χ2v) is 3.24. The van der Waals surface area contributed by atoms with Crippen molar-refractivity contribution in [3.05, 3.63) is 36.2 Å². The molecule has 0 bridgehead atoms. The smallest absolute Gasteiger partial charge is 0.137 e. The van der Waals surface area contributed by atoms with Crippen molar-refractivity contribution in [3.8, 4) is 0 Å². The highest BCUT2D eigenvalue weighted by Crippen LogP contribution is 2.16. The molecule has 14 heavy (non-hydrogen) atoms. The van der Waals surface area contributed by atoms with Gasteiger partial charge in [-0.25, -0.2) is 4.98 Å². The number of pyridine rings is 1. The van der Waals surface area contributed by atoms with Crippen molar-refractivity contribution in [1.82, 2.24) is 9.97 Å². The van der Waals surface area contributed by atoms with Crippen LogP contribution >= 0.6 is 0 Å². The zero-order valence-electron chi connectivity index (χ0n) is 7.94. The van der Waals surface area contributed by atoms with Gasteiger partial charge >= 0.3 is 0 Å². The molecule has 0 aromatic carbocycles. The maximum atomic E-state index is 9.11. The van der Waals surface area contributed by atoms with Gasteiger partial charge in [0.15, 0.2) is 0 Å². The highest BCUT2D eigenvalue weighted by molar-refractivity contribution is 5.86. The first-order chi connectivity index (χ1) is 6.77. The molecule has 1 atom stereocenters. The van der Waals surface area contributed by atoms with E-state index in [0.717, 1.165) is 16.6 Å². The largest absolute Gasteiger partial charge is 0.389 e. The van der Waals surface area contributed by atoms with E-state index >= 15 is 0 Å². The van der Waals surface area contributed by atoms with Crippen LogP contribution in [0.4, 0.5) is 0 Å². The van der Waals surface area contributed by atoms with Crippen molar-refractivity contribution >= 4 is 17.1 Å². The van der Waals surface area contributed by atoms with Crippen molar-refractivity contribution < 1.29 is 5.11 Å². The molecule has 0 saturated carbocycles. The van der Waals surface area contributed by atoms with Gasteiger partial charge in [0.25, 0.3) is 0 Å². The van der Waals surface area contributed by atoms with Crippen LogP contribution in [0.1, 0.15) is 12.5 Å². The third-order valence-corrected chi connectivity index (χ3v) is 2.04. The van der Waals surface area contributed by atoms with Crippen molar-refractivity contribution in [2.45, 2.75) is 13.0 Å². The molecule has 0 aliphatic rings. The number of aliphatic hydroxyl groups is 1. The van der Waals surface area contributed by atoms with E-state index in [4.69, 9.17) is 5.11 Å². The Balaban J connectivity index is 2.43. The quantitative estimate of drug-likeness (QED) is 0.756. The molecule has 0 fully saturated rings. The Kier molecular flexibility index (Phi) is 2.33. The number of H-pyrrole nitrogens is 1. The Morgan fingerprint density at radius 3 is 3.21 bits per heavy atom. The van der Waals surface area contributed by atoms with Crippen LogP contribution in [-0.4, -0.2) is 21.2 Å². The van der Waals surface area contributed by atoms with Crippen molar-refractivity contribution in [3.63, 3.8) is 0 Å². The van der Waals surface area contributed by atoms with Gasteiger partial charge in [-0.05, 0) is 19.1 Å². The zero-order valence-corrected chi connectivity index (χ0v) is 7.94. The number of aliphatic hydroxyl groups excluding tert-OH is 1. The fraction of sp³-hybridized carbons (Fsp3) is 0.182. The molecule has 2 rings (SSSR count). The van der Waals surface area contributed by atoms with Crippen LogP contribution in [0.2, 0.25) is 0 Å². The lowest BCUT2D eigenvalue weighted by molar-refractivity contribution is 0.245. The summed E-state index contributed by atoms with van der Waals surface area (Å²) in [6, 6.07) is 3.90. The molecule has 1 unspecified atom stereocenters. The minimum Gasteiger partial charge on any atom is -0.389 e. The van der Waals surface area contributed by atoms with E-state index in [2.05, 4.69) is 9.97 Å². The van der Waals surface area contributed by atoms with Gasteiger partial charge in [0.1, 0.15) is 5.65 Å². The SMILES string of the molecule is CC(O)/C=C/c1c[nH]c2ncccc12. The normalized spacial score (nSPS) is 13.9. The number of aromatic nitrogens is 2. The Hall–Kier alpha value is -1.61. The predicted octanol–water partition coefficient (Wildman–Crippen LogP) is 1.96. The molecule has 3 heteroatoms. The molecule has 0 aliphatic heterocycles. The summed E-state index contributed by atoms with van der Waals surface area (Å²) >= 11 is 0. The molecule has 2 heterocycles. The minimum atomic E-state index is -0.420. The maximum Gasteiger partial charge on any atom is 0.137 e. The Bertz CT molecular complexity index is 457. The third kappa shape index (κ3) is 1.67. The molecule has 0 saturated heterocycles. The van der Waals surface area contributed by atoms with Crippen molar-refractivity contribution in [2.24, 2.45) is 0 Å². The summed E-state index contributed by atoms with van der Waals surface area (Å²) in [5, 5.41) is 10.2. The van der Waals surface area contributed by atoms with E-state index < -0.39 is 6.10 Å². The van der Waals surface area contributed by atoms with Gasteiger partial charge in [0.05, 0.1) is 6.10 Å². The molecule has 2 aromatic heterocycles. The van der Waals surface area contributed by atoms with E-state index in [9.17, 15) is 0 Å². The lowest BCUT2D eigenvalue weighted by Gasteiger charge is -1.93. The summed E-state index contributed by atoms with van der Waals surface area (Å²) in [6.07, 6.45) is 6.86. The Morgan fingerprint density at radius 2 is 2.43 bits per heavy atom. The van der Waals surface area contributed by atoms with Crippen LogP contribution in [0.3, 0.4) is 0 Å². The highest BCUT2D eigenvalue weighted by Gasteiger charge is 1.99. The molecule has 72 valence electrons. The summed E-state index contributed by atoms with van der Waals surface area (Å²) in [5.74, 6) is 0. The average Bonchev–Trinajstić information content (AvgIpc) is 2.58. The maximum absolute atomic E-state index is 9.11. The van der Waals surface area contributed by atoms with Crippen molar-refractivity contribution in [1.29, 1.82) is 0 Å². The van der Waals surface area contributed by atoms with Gasteiger partial charge in [-0.15, -0.1) is 0 Å². The topological polar surface area (TPSA) is 48.9 Å². The van der Waals surface area contributed by atoms with Gasteiger partial charge in [-0.2, -0.15) is 0 Å². The number of nitrogens with one attached hydrogen (secondary N) is 1. The Labute approximate surface area is 82.1 Å². The van der Waals surface area contributed by atoms with E-state index in [-0.39, 0.29) is 0 Å². The highest BCUT2D eigenvalue weighted by atomic mass is 16.3. The molecule has 0 spiro atoms. The molecule has 0 aliphatic carbocycles. The fourth-order valence-electron chi connectivity index (χ4n) is 1.36. The van der Waals surface area contributed by atoms with Crippen LogP contribution in [0.5, 0.6) is 0 Å². The second-order valence-electron chi connectivity index (χ2n) is 3.24. The average molecular weight is 188 g/mol. The molecular formula is C11H12N2O. The Morgan fingerprint density at radius 1 is 1.57 bits per heavy atom. The monoisotopic (exact) mass is 188 g/mol. The molecule has 3 nitrogen and oxygen atoms in total. The van der Waals surface area contributed by atoms with Gasteiger partial charge in [0.2, 0.25) is 0 Å². The number of hydrogen-bond donors (Lipinski definition) is 2. The standard InChI is InChI=1S/C11H12N2O/c1-8(14)4-5-9-7-13-11-10(9)3-2-6-12-11/h2-8,14H,1H3,(H,12,13)/b5-4+. The molecule has 0 radical (unpaired) electrons. The lowest BCUT2D eigenvalue weighted by atomic mass is 10.2. The summed E-state index contributed by atoms with van der Waals surface area (Å²) in [5.41, 5.74) is 1.92. The lowest BCUT2D eigenvalue weighted by Crippen LogP contribution is -1.90. The van der Waals surface area contributed by atoms with Crippen LogP contribution in [0, 0.1) is 0 Å². The number of fused-ring (bicyclic) bond motifs is 1. The fourth-order valence-corrected chi connectivity index (χ4v) is 1.36. The number of hydrogen-bond acceptors (Lipinski definition) is 2. The summed E-state index contributed by atoms with van der Waals surface area (Å²) in [4.78, 5) is 7.24. The van der Waals surface area contributed by atoms with Gasteiger partial charge in [-0.3, -0.25) is 0 Å². The first-order valence-corrected chi connectivity index (χ1v) is 4.56. The zero-order chi connectivity index (χ0) is 9.97.